The zero-order chi connectivity index (χ0) is 15.2. The largest absolute Gasteiger partial charge is 0.437 e. The Bertz CT molecular complexity index is 254. The fourth-order valence-corrected chi connectivity index (χ4v) is 16.0. The third kappa shape index (κ3) is 9.98. The van der Waals surface area contributed by atoms with E-state index in [4.69, 9.17) is 13.3 Å². The van der Waals surface area contributed by atoms with Crippen LogP contribution in [-0.4, -0.2) is 36.9 Å². The Kier molecular flexibility index (Phi) is 8.32. The van der Waals surface area contributed by atoms with Gasteiger partial charge in [0.15, 0.2) is 16.6 Å². The van der Waals surface area contributed by atoms with Gasteiger partial charge in [-0.25, -0.2) is 0 Å². The smallest absolute Gasteiger partial charge is 0.314 e. The summed E-state index contributed by atoms with van der Waals surface area (Å²) < 4.78 is 13.0. The Morgan fingerprint density at radius 2 is 1.42 bits per heavy atom. The van der Waals surface area contributed by atoms with Crippen molar-refractivity contribution in [2.75, 3.05) is 6.61 Å². The molecule has 0 aromatic carbocycles. The lowest BCUT2D eigenvalue weighted by atomic mass is 10.4. The number of rotatable bonds is 10. The third-order valence-corrected chi connectivity index (χ3v) is 13.9. The van der Waals surface area contributed by atoms with Crippen molar-refractivity contribution in [1.29, 1.82) is 0 Å². The molecular weight excluding hydrogens is 288 g/mol. The standard InChI is InChI=1S/C13H34O3Si3/c1-8-9-12-18(5,6)16-19(7,13-10-11-14)15-17(2,3)4/h14H,8-13H2,1-7H3. The predicted molar refractivity (Wildman–Crippen MR) is 90.8 cm³/mol. The highest BCUT2D eigenvalue weighted by molar-refractivity contribution is 6.88. The van der Waals surface area contributed by atoms with Crippen LogP contribution in [0.2, 0.25) is 51.4 Å². The zero-order valence-corrected chi connectivity index (χ0v) is 17.0. The molecule has 1 atom stereocenters. The minimum absolute atomic E-state index is 0.234. The van der Waals surface area contributed by atoms with Gasteiger partial charge in [-0.2, -0.15) is 0 Å². The van der Waals surface area contributed by atoms with Crippen molar-refractivity contribution in [1.82, 2.24) is 0 Å². The molecule has 3 nitrogen and oxygen atoms in total. The molecule has 0 aromatic rings. The van der Waals surface area contributed by atoms with Gasteiger partial charge in [0, 0.05) is 6.61 Å². The highest BCUT2D eigenvalue weighted by Gasteiger charge is 2.41. The van der Waals surface area contributed by atoms with Crippen LogP contribution in [0.25, 0.3) is 0 Å². The summed E-state index contributed by atoms with van der Waals surface area (Å²) in [5.41, 5.74) is 0. The number of aliphatic hydroxyl groups excluding tert-OH is 1. The summed E-state index contributed by atoms with van der Waals surface area (Å²) in [5, 5.41) is 9.10. The zero-order valence-electron chi connectivity index (χ0n) is 14.0. The van der Waals surface area contributed by atoms with Crippen LogP contribution in [0.3, 0.4) is 0 Å². The first-order valence-electron chi connectivity index (χ1n) is 7.55. The maximum Gasteiger partial charge on any atom is 0.314 e. The van der Waals surface area contributed by atoms with Crippen molar-refractivity contribution in [3.05, 3.63) is 0 Å². The van der Waals surface area contributed by atoms with E-state index in [1.54, 1.807) is 0 Å². The van der Waals surface area contributed by atoms with Crippen LogP contribution in [0.5, 0.6) is 0 Å². The summed E-state index contributed by atoms with van der Waals surface area (Å²) in [7, 11) is -5.36. The third-order valence-electron chi connectivity index (χ3n) is 2.94. The molecule has 0 saturated carbocycles. The van der Waals surface area contributed by atoms with E-state index in [2.05, 4.69) is 46.2 Å². The molecule has 0 rings (SSSR count). The number of unbranched alkanes of at least 4 members (excludes halogenated alkanes) is 1. The Morgan fingerprint density at radius 3 is 1.84 bits per heavy atom. The quantitative estimate of drug-likeness (QED) is 0.609. The molecule has 0 aromatic heterocycles. The van der Waals surface area contributed by atoms with Crippen molar-refractivity contribution in [3.8, 4) is 0 Å². The van der Waals surface area contributed by atoms with Gasteiger partial charge in [-0.05, 0) is 57.8 Å². The number of aliphatic hydroxyl groups is 1. The second kappa shape index (κ2) is 8.09. The Hall–Kier alpha value is 0.531. The molecule has 0 aliphatic carbocycles. The van der Waals surface area contributed by atoms with Crippen molar-refractivity contribution in [2.24, 2.45) is 0 Å². The fourth-order valence-electron chi connectivity index (χ4n) is 2.41. The maximum absolute atomic E-state index is 9.10. The van der Waals surface area contributed by atoms with Crippen LogP contribution < -0.4 is 0 Å². The monoisotopic (exact) mass is 322 g/mol. The number of hydrogen-bond acceptors (Lipinski definition) is 3. The van der Waals surface area contributed by atoms with Gasteiger partial charge in [0.1, 0.15) is 0 Å². The van der Waals surface area contributed by atoms with E-state index in [9.17, 15) is 0 Å². The molecule has 0 bridgehead atoms. The Labute approximate surface area is 123 Å². The van der Waals surface area contributed by atoms with Crippen molar-refractivity contribution < 1.29 is 13.3 Å². The molecule has 0 fully saturated rings. The van der Waals surface area contributed by atoms with E-state index in [0.29, 0.717) is 0 Å². The van der Waals surface area contributed by atoms with Gasteiger partial charge in [0.05, 0.1) is 0 Å². The molecule has 0 aliphatic heterocycles. The number of hydrogen-bond donors (Lipinski definition) is 1. The summed E-state index contributed by atoms with van der Waals surface area (Å²) in [5.74, 6) is 0. The van der Waals surface area contributed by atoms with Gasteiger partial charge in [-0.15, -0.1) is 0 Å². The first kappa shape index (κ1) is 19.5. The fraction of sp³-hybridized carbons (Fsp3) is 1.00. The van der Waals surface area contributed by atoms with Crippen LogP contribution in [-0.2, 0) is 8.23 Å². The van der Waals surface area contributed by atoms with Gasteiger partial charge in [0.25, 0.3) is 0 Å². The van der Waals surface area contributed by atoms with Crippen LogP contribution in [0.15, 0.2) is 0 Å². The van der Waals surface area contributed by atoms with Gasteiger partial charge in [-0.1, -0.05) is 19.8 Å². The lowest BCUT2D eigenvalue weighted by Crippen LogP contribution is -2.53. The van der Waals surface area contributed by atoms with Crippen molar-refractivity contribution >= 4 is 25.2 Å². The highest BCUT2D eigenvalue weighted by Crippen LogP contribution is 2.27. The average molecular weight is 323 g/mol. The molecule has 0 saturated heterocycles. The molecule has 1 N–H and O–H groups in total. The SMILES string of the molecule is CCCC[Si](C)(C)O[Si](C)(CCCO)O[Si](C)(C)C. The molecule has 19 heavy (non-hydrogen) atoms. The lowest BCUT2D eigenvalue weighted by Gasteiger charge is -2.39. The first-order valence-corrected chi connectivity index (χ1v) is 16.6. The van der Waals surface area contributed by atoms with E-state index in [1.807, 2.05) is 0 Å². The van der Waals surface area contributed by atoms with Gasteiger partial charge in [-0.3, -0.25) is 0 Å². The first-order chi connectivity index (χ1) is 8.54. The van der Waals surface area contributed by atoms with Crippen molar-refractivity contribution in [3.63, 3.8) is 0 Å². The Balaban J connectivity index is 4.73. The van der Waals surface area contributed by atoms with E-state index >= 15 is 0 Å². The molecular formula is C13H34O3Si3. The summed E-state index contributed by atoms with van der Waals surface area (Å²) in [6, 6.07) is 2.12. The Morgan fingerprint density at radius 1 is 0.842 bits per heavy atom. The van der Waals surface area contributed by atoms with Gasteiger partial charge in [0.2, 0.25) is 0 Å². The van der Waals surface area contributed by atoms with Gasteiger partial charge >= 0.3 is 8.56 Å². The highest BCUT2D eigenvalue weighted by atomic mass is 28.5. The molecule has 1 unspecified atom stereocenters. The minimum Gasteiger partial charge on any atom is -0.437 e. The molecule has 116 valence electrons. The second-order valence-electron chi connectivity index (χ2n) is 7.14. The molecule has 0 heterocycles. The molecule has 0 aliphatic rings. The summed E-state index contributed by atoms with van der Waals surface area (Å²) in [6.07, 6.45) is 3.27. The normalized spacial score (nSPS) is 16.4. The predicted octanol–water partition coefficient (Wildman–Crippen LogP) is 4.31. The van der Waals surface area contributed by atoms with Crippen molar-refractivity contribution in [2.45, 2.75) is 77.6 Å². The summed E-state index contributed by atoms with van der Waals surface area (Å²) >= 11 is 0. The topological polar surface area (TPSA) is 38.7 Å². The molecule has 0 spiro atoms. The minimum atomic E-state index is -2.13. The summed E-state index contributed by atoms with van der Waals surface area (Å²) in [6.45, 7) is 15.9. The summed E-state index contributed by atoms with van der Waals surface area (Å²) in [4.78, 5) is 0. The maximum atomic E-state index is 9.10. The van der Waals surface area contributed by atoms with E-state index in [0.717, 1.165) is 12.5 Å². The van der Waals surface area contributed by atoms with E-state index < -0.39 is 25.2 Å². The van der Waals surface area contributed by atoms with Crippen LogP contribution >= 0.6 is 0 Å². The van der Waals surface area contributed by atoms with Crippen LogP contribution in [0.4, 0.5) is 0 Å². The van der Waals surface area contributed by atoms with Gasteiger partial charge < -0.3 is 13.3 Å². The average Bonchev–Trinajstić information content (AvgIpc) is 2.20. The van der Waals surface area contributed by atoms with E-state index in [1.165, 1.54) is 18.9 Å². The van der Waals surface area contributed by atoms with E-state index in [-0.39, 0.29) is 6.61 Å². The second-order valence-corrected chi connectivity index (χ2v) is 19.8. The molecule has 0 amide bonds. The lowest BCUT2D eigenvalue weighted by molar-refractivity contribution is 0.286. The molecule has 0 radical (unpaired) electrons. The van der Waals surface area contributed by atoms with Crippen LogP contribution in [0, 0.1) is 0 Å². The molecule has 6 heteroatoms. The van der Waals surface area contributed by atoms with Crippen LogP contribution in [0.1, 0.15) is 26.2 Å².